The molecule has 5 nitrogen and oxygen atoms in total. The number of carbonyl (C=O) groups is 1. The fourth-order valence-electron chi connectivity index (χ4n) is 1.81. The highest BCUT2D eigenvalue weighted by Gasteiger charge is 2.20. The summed E-state index contributed by atoms with van der Waals surface area (Å²) in [5, 5.41) is 0. The van der Waals surface area contributed by atoms with Gasteiger partial charge in [0.1, 0.15) is 11.3 Å². The van der Waals surface area contributed by atoms with Crippen molar-refractivity contribution in [3.8, 4) is 5.75 Å². The summed E-state index contributed by atoms with van der Waals surface area (Å²) < 4.78 is 33.4. The van der Waals surface area contributed by atoms with E-state index in [4.69, 9.17) is 20.2 Å². The summed E-state index contributed by atoms with van der Waals surface area (Å²) in [6, 6.07) is 3.87. The zero-order chi connectivity index (χ0) is 16.0. The number of hydrogen-bond donors (Lipinski definition) is 0. The van der Waals surface area contributed by atoms with Crippen molar-refractivity contribution in [3.63, 3.8) is 0 Å². The van der Waals surface area contributed by atoms with Crippen molar-refractivity contribution in [2.24, 2.45) is 0 Å². The monoisotopic (exact) mass is 334 g/mol. The van der Waals surface area contributed by atoms with Crippen LogP contribution in [0.3, 0.4) is 0 Å². The number of ether oxygens (including phenoxy) is 2. The summed E-state index contributed by atoms with van der Waals surface area (Å²) in [4.78, 5) is 12.0. The van der Waals surface area contributed by atoms with Gasteiger partial charge in [-0.05, 0) is 38.5 Å². The maximum absolute atomic E-state index is 12.2. The van der Waals surface area contributed by atoms with Crippen molar-refractivity contribution in [2.45, 2.75) is 44.6 Å². The van der Waals surface area contributed by atoms with Crippen LogP contribution in [0.25, 0.3) is 0 Å². The minimum absolute atomic E-state index is 0.0570. The van der Waals surface area contributed by atoms with Crippen LogP contribution >= 0.6 is 10.7 Å². The van der Waals surface area contributed by atoms with E-state index in [0.717, 1.165) is 12.8 Å². The first-order valence-corrected chi connectivity index (χ1v) is 9.03. The second-order valence-electron chi connectivity index (χ2n) is 4.53. The highest BCUT2D eigenvalue weighted by atomic mass is 35.7. The van der Waals surface area contributed by atoms with Gasteiger partial charge in [-0.1, -0.05) is 13.3 Å². The van der Waals surface area contributed by atoms with Gasteiger partial charge in [-0.15, -0.1) is 0 Å². The van der Waals surface area contributed by atoms with Gasteiger partial charge < -0.3 is 9.47 Å². The Hall–Kier alpha value is -1.27. The van der Waals surface area contributed by atoms with E-state index in [1.165, 1.54) is 18.2 Å². The number of hydrogen-bond acceptors (Lipinski definition) is 5. The van der Waals surface area contributed by atoms with Crippen LogP contribution < -0.4 is 4.74 Å². The summed E-state index contributed by atoms with van der Waals surface area (Å²) >= 11 is 0. The van der Waals surface area contributed by atoms with Gasteiger partial charge in [-0.25, -0.2) is 13.2 Å². The summed E-state index contributed by atoms with van der Waals surface area (Å²) in [6.07, 6.45) is 1.35. The lowest BCUT2D eigenvalue weighted by Gasteiger charge is -2.15. The smallest absolute Gasteiger partial charge is 0.342 e. The van der Waals surface area contributed by atoms with Crippen LogP contribution in [0.2, 0.25) is 0 Å². The molecule has 1 aromatic rings. The lowest BCUT2D eigenvalue weighted by atomic mass is 10.2. The minimum atomic E-state index is -3.92. The van der Waals surface area contributed by atoms with Gasteiger partial charge >= 0.3 is 5.97 Å². The Kier molecular flexibility index (Phi) is 6.48. The van der Waals surface area contributed by atoms with E-state index in [1.54, 1.807) is 13.8 Å². The molecule has 0 N–H and O–H groups in total. The molecule has 0 spiro atoms. The standard InChI is InChI=1S/C14H19ClO5S/c1-4-6-10(3)20-14(16)12-9-11(21(15,17)18)7-8-13(12)19-5-2/h7-10H,4-6H2,1-3H3. The highest BCUT2D eigenvalue weighted by molar-refractivity contribution is 8.13. The van der Waals surface area contributed by atoms with E-state index in [-0.39, 0.29) is 22.3 Å². The largest absolute Gasteiger partial charge is 0.493 e. The highest BCUT2D eigenvalue weighted by Crippen LogP contribution is 2.26. The molecule has 0 aromatic heterocycles. The molecule has 1 aromatic carbocycles. The molecule has 118 valence electrons. The van der Waals surface area contributed by atoms with Crippen LogP contribution in [0.15, 0.2) is 23.1 Å². The van der Waals surface area contributed by atoms with Crippen LogP contribution in [0.4, 0.5) is 0 Å². The Morgan fingerprint density at radius 2 is 2.00 bits per heavy atom. The van der Waals surface area contributed by atoms with Crippen LogP contribution in [0.1, 0.15) is 44.0 Å². The molecular weight excluding hydrogens is 316 g/mol. The lowest BCUT2D eigenvalue weighted by Crippen LogP contribution is -2.16. The Morgan fingerprint density at radius 1 is 1.33 bits per heavy atom. The third-order valence-corrected chi connectivity index (χ3v) is 4.11. The number of rotatable bonds is 7. The van der Waals surface area contributed by atoms with E-state index in [0.29, 0.717) is 6.61 Å². The van der Waals surface area contributed by atoms with Crippen molar-refractivity contribution in [1.29, 1.82) is 0 Å². The van der Waals surface area contributed by atoms with E-state index in [9.17, 15) is 13.2 Å². The van der Waals surface area contributed by atoms with Gasteiger partial charge in [0, 0.05) is 10.7 Å². The Bertz CT molecular complexity index is 597. The SMILES string of the molecule is CCCC(C)OC(=O)c1cc(S(=O)(=O)Cl)ccc1OCC. The van der Waals surface area contributed by atoms with Gasteiger partial charge in [-0.2, -0.15) is 0 Å². The predicted octanol–water partition coefficient (Wildman–Crippen LogP) is 3.36. The molecule has 1 rings (SSSR count). The topological polar surface area (TPSA) is 69.7 Å². The first-order chi connectivity index (χ1) is 9.79. The molecule has 0 heterocycles. The number of carbonyl (C=O) groups excluding carboxylic acids is 1. The van der Waals surface area contributed by atoms with Crippen molar-refractivity contribution >= 4 is 25.7 Å². The van der Waals surface area contributed by atoms with Crippen LogP contribution in [-0.2, 0) is 13.8 Å². The minimum Gasteiger partial charge on any atom is -0.493 e. The summed E-state index contributed by atoms with van der Waals surface area (Å²) in [5.41, 5.74) is 0.0570. The molecule has 21 heavy (non-hydrogen) atoms. The molecule has 7 heteroatoms. The average molecular weight is 335 g/mol. The molecule has 0 aliphatic rings. The van der Waals surface area contributed by atoms with Gasteiger partial charge in [0.2, 0.25) is 0 Å². The molecule has 0 saturated carbocycles. The van der Waals surface area contributed by atoms with Crippen molar-refractivity contribution in [1.82, 2.24) is 0 Å². The second kappa shape index (κ2) is 7.66. The maximum Gasteiger partial charge on any atom is 0.342 e. The Balaban J connectivity index is 3.14. The van der Waals surface area contributed by atoms with Crippen LogP contribution in [-0.4, -0.2) is 27.1 Å². The van der Waals surface area contributed by atoms with E-state index in [1.807, 2.05) is 6.92 Å². The maximum atomic E-state index is 12.2. The Morgan fingerprint density at radius 3 is 2.52 bits per heavy atom. The molecule has 0 bridgehead atoms. The van der Waals surface area contributed by atoms with Crippen molar-refractivity contribution < 1.29 is 22.7 Å². The van der Waals surface area contributed by atoms with Gasteiger partial charge in [-0.3, -0.25) is 0 Å². The summed E-state index contributed by atoms with van der Waals surface area (Å²) in [7, 11) is 1.38. The average Bonchev–Trinajstić information content (AvgIpc) is 2.38. The molecular formula is C14H19ClO5S. The van der Waals surface area contributed by atoms with Crippen molar-refractivity contribution in [2.75, 3.05) is 6.61 Å². The fourth-order valence-corrected chi connectivity index (χ4v) is 2.59. The first-order valence-electron chi connectivity index (χ1n) is 6.72. The van der Waals surface area contributed by atoms with E-state index >= 15 is 0 Å². The van der Waals surface area contributed by atoms with Crippen LogP contribution in [0.5, 0.6) is 5.75 Å². The number of halogens is 1. The van der Waals surface area contributed by atoms with Gasteiger partial charge in [0.15, 0.2) is 0 Å². The normalized spacial score (nSPS) is 12.8. The summed E-state index contributed by atoms with van der Waals surface area (Å²) in [5.74, 6) is -0.350. The molecule has 0 radical (unpaired) electrons. The zero-order valence-electron chi connectivity index (χ0n) is 12.3. The quantitative estimate of drug-likeness (QED) is 0.565. The molecule has 0 amide bonds. The summed E-state index contributed by atoms with van der Waals surface area (Å²) in [6.45, 7) is 5.87. The zero-order valence-corrected chi connectivity index (χ0v) is 13.8. The van der Waals surface area contributed by atoms with Gasteiger partial charge in [0.25, 0.3) is 9.05 Å². The lowest BCUT2D eigenvalue weighted by molar-refractivity contribution is 0.0319. The molecule has 1 unspecified atom stereocenters. The second-order valence-corrected chi connectivity index (χ2v) is 7.10. The number of esters is 1. The molecule has 1 atom stereocenters. The number of benzene rings is 1. The predicted molar refractivity (Wildman–Crippen MR) is 80.4 cm³/mol. The third-order valence-electron chi connectivity index (χ3n) is 2.76. The molecule has 0 saturated heterocycles. The van der Waals surface area contributed by atoms with E-state index in [2.05, 4.69) is 0 Å². The van der Waals surface area contributed by atoms with Gasteiger partial charge in [0.05, 0.1) is 17.6 Å². The molecule has 0 fully saturated rings. The molecule has 0 aliphatic heterocycles. The van der Waals surface area contributed by atoms with Crippen LogP contribution in [0, 0.1) is 0 Å². The van der Waals surface area contributed by atoms with Crippen molar-refractivity contribution in [3.05, 3.63) is 23.8 Å². The first kappa shape index (κ1) is 17.8. The Labute approximate surface area is 129 Å². The fraction of sp³-hybridized carbons (Fsp3) is 0.500. The molecule has 0 aliphatic carbocycles. The third kappa shape index (κ3) is 5.21. The van der Waals surface area contributed by atoms with E-state index < -0.39 is 15.0 Å².